The Morgan fingerprint density at radius 1 is 1.37 bits per heavy atom. The zero-order chi connectivity index (χ0) is 13.7. The lowest BCUT2D eigenvalue weighted by molar-refractivity contribution is 0.240. The van der Waals surface area contributed by atoms with Crippen LogP contribution in [0.3, 0.4) is 0 Å². The molecule has 0 aliphatic carbocycles. The summed E-state index contributed by atoms with van der Waals surface area (Å²) >= 11 is 0. The summed E-state index contributed by atoms with van der Waals surface area (Å²) in [7, 11) is 0. The molecule has 0 fully saturated rings. The lowest BCUT2D eigenvalue weighted by atomic mass is 10.0. The van der Waals surface area contributed by atoms with Gasteiger partial charge in [0.25, 0.3) is 0 Å². The van der Waals surface area contributed by atoms with E-state index < -0.39 is 0 Å². The molecule has 1 N–H and O–H groups in total. The fourth-order valence-electron chi connectivity index (χ4n) is 2.58. The first kappa shape index (κ1) is 14.4. The first-order valence-electron chi connectivity index (χ1n) is 7.38. The molecule has 0 saturated heterocycles. The highest BCUT2D eigenvalue weighted by Gasteiger charge is 2.25. The van der Waals surface area contributed by atoms with E-state index in [1.54, 1.807) is 0 Å². The Hall–Kier alpha value is -1.06. The van der Waals surface area contributed by atoms with Crippen LogP contribution in [0.2, 0.25) is 0 Å². The minimum atomic E-state index is 0.523. The van der Waals surface area contributed by atoms with Gasteiger partial charge in [-0.2, -0.15) is 0 Å². The molecule has 3 nitrogen and oxygen atoms in total. The van der Waals surface area contributed by atoms with Crippen LogP contribution in [0.5, 0.6) is 5.75 Å². The van der Waals surface area contributed by atoms with Gasteiger partial charge in [0.05, 0.1) is 6.61 Å². The van der Waals surface area contributed by atoms with Crippen LogP contribution in [0.15, 0.2) is 24.3 Å². The van der Waals surface area contributed by atoms with E-state index in [1.807, 2.05) is 6.07 Å². The van der Waals surface area contributed by atoms with Crippen molar-refractivity contribution in [2.45, 2.75) is 32.7 Å². The number of fused-ring (bicyclic) bond motifs is 1. The summed E-state index contributed by atoms with van der Waals surface area (Å²) in [6.45, 7) is 11.8. The third-order valence-electron chi connectivity index (χ3n) is 3.71. The van der Waals surface area contributed by atoms with Crippen molar-refractivity contribution in [1.82, 2.24) is 10.2 Å². The standard InChI is InChI=1S/C16H26N2O/c1-4-18(10-9-17-13(2)3)11-14-12-19-16-8-6-5-7-15(14)16/h5-8,13-14,17H,4,9-12H2,1-3H3. The quantitative estimate of drug-likeness (QED) is 0.817. The number of benzene rings is 1. The van der Waals surface area contributed by atoms with Crippen LogP contribution in [0.1, 0.15) is 32.3 Å². The van der Waals surface area contributed by atoms with Gasteiger partial charge in [-0.25, -0.2) is 0 Å². The van der Waals surface area contributed by atoms with Crippen molar-refractivity contribution in [3.63, 3.8) is 0 Å². The monoisotopic (exact) mass is 262 g/mol. The molecule has 1 aliphatic rings. The zero-order valence-electron chi connectivity index (χ0n) is 12.4. The fraction of sp³-hybridized carbons (Fsp3) is 0.625. The first-order chi connectivity index (χ1) is 9.20. The van der Waals surface area contributed by atoms with Gasteiger partial charge in [-0.3, -0.25) is 0 Å². The third kappa shape index (κ3) is 3.95. The van der Waals surface area contributed by atoms with Crippen molar-refractivity contribution in [2.75, 3.05) is 32.8 Å². The second-order valence-electron chi connectivity index (χ2n) is 5.55. The molecule has 0 radical (unpaired) electrons. The maximum absolute atomic E-state index is 5.76. The molecule has 1 heterocycles. The Kier molecular flexibility index (Phi) is 5.23. The largest absolute Gasteiger partial charge is 0.493 e. The number of nitrogens with one attached hydrogen (secondary N) is 1. The van der Waals surface area contributed by atoms with Crippen molar-refractivity contribution in [3.05, 3.63) is 29.8 Å². The highest BCUT2D eigenvalue weighted by molar-refractivity contribution is 5.39. The van der Waals surface area contributed by atoms with E-state index in [1.165, 1.54) is 5.56 Å². The van der Waals surface area contributed by atoms with Gasteiger partial charge in [0.1, 0.15) is 5.75 Å². The minimum Gasteiger partial charge on any atom is -0.493 e. The zero-order valence-corrected chi connectivity index (χ0v) is 12.4. The first-order valence-corrected chi connectivity index (χ1v) is 7.38. The second kappa shape index (κ2) is 6.92. The lowest BCUT2D eigenvalue weighted by Gasteiger charge is -2.24. The van der Waals surface area contributed by atoms with Gasteiger partial charge >= 0.3 is 0 Å². The van der Waals surface area contributed by atoms with E-state index in [0.29, 0.717) is 12.0 Å². The molecule has 1 aromatic carbocycles. The predicted molar refractivity (Wildman–Crippen MR) is 79.9 cm³/mol. The maximum Gasteiger partial charge on any atom is 0.122 e. The summed E-state index contributed by atoms with van der Waals surface area (Å²) < 4.78 is 5.76. The third-order valence-corrected chi connectivity index (χ3v) is 3.71. The molecule has 1 atom stereocenters. The van der Waals surface area contributed by atoms with Crippen LogP contribution in [0.4, 0.5) is 0 Å². The smallest absolute Gasteiger partial charge is 0.122 e. The number of likely N-dealkylation sites (N-methyl/N-ethyl adjacent to an activating group) is 1. The molecular weight excluding hydrogens is 236 g/mol. The number of para-hydroxylation sites is 1. The van der Waals surface area contributed by atoms with Gasteiger partial charge in [0.15, 0.2) is 0 Å². The van der Waals surface area contributed by atoms with Gasteiger partial charge in [-0.1, -0.05) is 39.0 Å². The Morgan fingerprint density at radius 3 is 2.89 bits per heavy atom. The van der Waals surface area contributed by atoms with Crippen molar-refractivity contribution < 1.29 is 4.74 Å². The molecule has 3 heteroatoms. The Labute approximate surface area is 116 Å². The molecule has 1 aromatic rings. The van der Waals surface area contributed by atoms with Gasteiger partial charge in [-0.15, -0.1) is 0 Å². The van der Waals surface area contributed by atoms with Crippen LogP contribution in [0, 0.1) is 0 Å². The number of nitrogens with zero attached hydrogens (tertiary/aromatic N) is 1. The molecule has 0 aromatic heterocycles. The van der Waals surface area contributed by atoms with Crippen molar-refractivity contribution in [2.24, 2.45) is 0 Å². The summed E-state index contributed by atoms with van der Waals surface area (Å²) in [5.74, 6) is 1.60. The van der Waals surface area contributed by atoms with Crippen molar-refractivity contribution in [1.29, 1.82) is 0 Å². The Bertz CT molecular complexity index is 392. The number of hydrogen-bond donors (Lipinski definition) is 1. The average molecular weight is 262 g/mol. The Balaban J connectivity index is 1.86. The highest BCUT2D eigenvalue weighted by Crippen LogP contribution is 2.33. The highest BCUT2D eigenvalue weighted by atomic mass is 16.5. The molecule has 19 heavy (non-hydrogen) atoms. The van der Waals surface area contributed by atoms with Gasteiger partial charge in [-0.05, 0) is 12.6 Å². The summed E-state index contributed by atoms with van der Waals surface area (Å²) in [6, 6.07) is 9.00. The summed E-state index contributed by atoms with van der Waals surface area (Å²) in [4.78, 5) is 2.51. The molecule has 2 rings (SSSR count). The lowest BCUT2D eigenvalue weighted by Crippen LogP contribution is -2.37. The number of rotatable bonds is 7. The van der Waals surface area contributed by atoms with Crippen LogP contribution in [-0.2, 0) is 0 Å². The fourth-order valence-corrected chi connectivity index (χ4v) is 2.58. The van der Waals surface area contributed by atoms with E-state index in [-0.39, 0.29) is 0 Å². The van der Waals surface area contributed by atoms with Gasteiger partial charge in [0, 0.05) is 37.2 Å². The van der Waals surface area contributed by atoms with E-state index in [2.05, 4.69) is 49.2 Å². The van der Waals surface area contributed by atoms with Crippen molar-refractivity contribution in [3.8, 4) is 5.75 Å². The molecular formula is C16H26N2O. The molecule has 0 saturated carbocycles. The second-order valence-corrected chi connectivity index (χ2v) is 5.55. The van der Waals surface area contributed by atoms with Crippen LogP contribution >= 0.6 is 0 Å². The predicted octanol–water partition coefficient (Wildman–Crippen LogP) is 2.48. The van der Waals surface area contributed by atoms with E-state index >= 15 is 0 Å². The molecule has 0 amide bonds. The summed E-state index contributed by atoms with van der Waals surface area (Å²) in [6.07, 6.45) is 0. The van der Waals surface area contributed by atoms with E-state index in [4.69, 9.17) is 4.74 Å². The van der Waals surface area contributed by atoms with Crippen LogP contribution in [-0.4, -0.2) is 43.7 Å². The summed E-state index contributed by atoms with van der Waals surface area (Å²) in [5, 5.41) is 3.48. The normalized spacial score (nSPS) is 17.8. The number of ether oxygens (including phenoxy) is 1. The maximum atomic E-state index is 5.76. The summed E-state index contributed by atoms with van der Waals surface area (Å²) in [5.41, 5.74) is 1.37. The SMILES string of the molecule is CCN(CCNC(C)C)CC1COc2ccccc21. The van der Waals surface area contributed by atoms with Gasteiger partial charge in [0.2, 0.25) is 0 Å². The minimum absolute atomic E-state index is 0.523. The topological polar surface area (TPSA) is 24.5 Å². The number of hydrogen-bond acceptors (Lipinski definition) is 3. The van der Waals surface area contributed by atoms with Crippen LogP contribution in [0.25, 0.3) is 0 Å². The Morgan fingerprint density at radius 2 is 2.16 bits per heavy atom. The molecule has 0 bridgehead atoms. The van der Waals surface area contributed by atoms with Crippen molar-refractivity contribution >= 4 is 0 Å². The average Bonchev–Trinajstić information content (AvgIpc) is 2.80. The van der Waals surface area contributed by atoms with Gasteiger partial charge < -0.3 is 15.0 Å². The molecule has 1 unspecified atom stereocenters. The van der Waals surface area contributed by atoms with E-state index in [9.17, 15) is 0 Å². The molecule has 0 spiro atoms. The van der Waals surface area contributed by atoms with E-state index in [0.717, 1.165) is 38.5 Å². The molecule has 1 aliphatic heterocycles. The van der Waals surface area contributed by atoms with Crippen LogP contribution < -0.4 is 10.1 Å². The molecule has 106 valence electrons.